The molecule has 1 saturated heterocycles. The fraction of sp³-hybridized carbons (Fsp3) is 0.400. The molecule has 1 aliphatic heterocycles. The first-order valence-corrected chi connectivity index (χ1v) is 6.84. The Bertz CT molecular complexity index is 526. The minimum absolute atomic E-state index is 0.975. The number of aromatic nitrogens is 2. The van der Waals surface area contributed by atoms with E-state index >= 15 is 0 Å². The van der Waals surface area contributed by atoms with Gasteiger partial charge in [0.25, 0.3) is 0 Å². The molecular formula is C15H20N4. The Morgan fingerprint density at radius 2 is 1.89 bits per heavy atom. The third kappa shape index (κ3) is 2.69. The van der Waals surface area contributed by atoms with E-state index in [9.17, 15) is 0 Å². The van der Waals surface area contributed by atoms with Gasteiger partial charge in [-0.3, -0.25) is 9.58 Å². The summed E-state index contributed by atoms with van der Waals surface area (Å²) < 4.78 is 2.00. The standard InChI is InChI=1S/C15H20N4/c1-18-15(12-19-9-7-16-8-10-19)14(11-17-18)13-5-3-2-4-6-13/h2-6,11,16H,7-10,12H2,1H3. The first kappa shape index (κ1) is 12.4. The maximum Gasteiger partial charge on any atom is 0.0599 e. The van der Waals surface area contributed by atoms with Gasteiger partial charge in [0, 0.05) is 45.3 Å². The van der Waals surface area contributed by atoms with Crippen molar-refractivity contribution in [2.45, 2.75) is 6.54 Å². The lowest BCUT2D eigenvalue weighted by atomic mass is 10.1. The highest BCUT2D eigenvalue weighted by Gasteiger charge is 2.16. The molecule has 0 amide bonds. The molecule has 0 atom stereocenters. The van der Waals surface area contributed by atoms with Crippen LogP contribution in [-0.2, 0) is 13.6 Å². The number of aryl methyl sites for hydroxylation is 1. The van der Waals surface area contributed by atoms with E-state index < -0.39 is 0 Å². The average Bonchev–Trinajstić information content (AvgIpc) is 2.82. The van der Waals surface area contributed by atoms with Crippen molar-refractivity contribution in [1.82, 2.24) is 20.0 Å². The molecule has 3 rings (SSSR count). The molecule has 0 unspecified atom stereocenters. The van der Waals surface area contributed by atoms with Gasteiger partial charge in [-0.25, -0.2) is 0 Å². The van der Waals surface area contributed by atoms with Gasteiger partial charge in [0.1, 0.15) is 0 Å². The molecule has 1 aromatic carbocycles. The fourth-order valence-electron chi connectivity index (χ4n) is 2.59. The molecule has 0 radical (unpaired) electrons. The van der Waals surface area contributed by atoms with Crippen molar-refractivity contribution in [3.8, 4) is 11.1 Å². The Kier molecular flexibility index (Phi) is 3.62. The molecule has 100 valence electrons. The molecule has 0 saturated carbocycles. The van der Waals surface area contributed by atoms with Crippen molar-refractivity contribution in [3.05, 3.63) is 42.2 Å². The van der Waals surface area contributed by atoms with E-state index in [1.165, 1.54) is 16.8 Å². The van der Waals surface area contributed by atoms with Gasteiger partial charge in [0.05, 0.1) is 11.9 Å². The molecule has 2 aromatic rings. The number of hydrogen-bond acceptors (Lipinski definition) is 3. The van der Waals surface area contributed by atoms with Gasteiger partial charge in [0.2, 0.25) is 0 Å². The second kappa shape index (κ2) is 5.55. The smallest absolute Gasteiger partial charge is 0.0599 e. The van der Waals surface area contributed by atoms with E-state index in [0.29, 0.717) is 0 Å². The summed E-state index contributed by atoms with van der Waals surface area (Å²) in [6, 6.07) is 10.5. The molecule has 1 aliphatic rings. The van der Waals surface area contributed by atoms with E-state index in [1.807, 2.05) is 17.9 Å². The summed E-state index contributed by atoms with van der Waals surface area (Å²) in [5.41, 5.74) is 3.80. The number of piperazine rings is 1. The number of nitrogens with zero attached hydrogens (tertiary/aromatic N) is 3. The van der Waals surface area contributed by atoms with Gasteiger partial charge in [-0.2, -0.15) is 5.10 Å². The maximum atomic E-state index is 4.43. The molecule has 0 spiro atoms. The molecule has 19 heavy (non-hydrogen) atoms. The van der Waals surface area contributed by atoms with Crippen LogP contribution in [0.3, 0.4) is 0 Å². The van der Waals surface area contributed by atoms with Gasteiger partial charge in [-0.05, 0) is 5.56 Å². The highest BCUT2D eigenvalue weighted by atomic mass is 15.3. The first-order chi connectivity index (χ1) is 9.34. The largest absolute Gasteiger partial charge is 0.314 e. The van der Waals surface area contributed by atoms with Crippen molar-refractivity contribution in [2.75, 3.05) is 26.2 Å². The first-order valence-electron chi connectivity index (χ1n) is 6.84. The normalized spacial score (nSPS) is 16.7. The summed E-state index contributed by atoms with van der Waals surface area (Å²) >= 11 is 0. The van der Waals surface area contributed by atoms with Crippen LogP contribution in [0.1, 0.15) is 5.69 Å². The van der Waals surface area contributed by atoms with Crippen molar-refractivity contribution in [2.24, 2.45) is 7.05 Å². The van der Waals surface area contributed by atoms with E-state index in [1.54, 1.807) is 0 Å². The predicted molar refractivity (Wildman–Crippen MR) is 76.8 cm³/mol. The van der Waals surface area contributed by atoms with Crippen molar-refractivity contribution in [1.29, 1.82) is 0 Å². The van der Waals surface area contributed by atoms with Crippen LogP contribution in [0.4, 0.5) is 0 Å². The number of hydrogen-bond donors (Lipinski definition) is 1. The van der Waals surface area contributed by atoms with Crippen LogP contribution in [0.25, 0.3) is 11.1 Å². The molecule has 1 N–H and O–H groups in total. The Balaban J connectivity index is 1.86. The second-order valence-corrected chi connectivity index (χ2v) is 5.02. The van der Waals surface area contributed by atoms with E-state index in [4.69, 9.17) is 0 Å². The molecule has 1 fully saturated rings. The number of nitrogens with one attached hydrogen (secondary N) is 1. The lowest BCUT2D eigenvalue weighted by Gasteiger charge is -2.27. The molecule has 4 nitrogen and oxygen atoms in total. The van der Waals surface area contributed by atoms with Crippen LogP contribution >= 0.6 is 0 Å². The minimum atomic E-state index is 0.975. The fourth-order valence-corrected chi connectivity index (χ4v) is 2.59. The van der Waals surface area contributed by atoms with E-state index in [2.05, 4.69) is 45.6 Å². The number of benzene rings is 1. The van der Waals surface area contributed by atoms with Gasteiger partial charge in [-0.15, -0.1) is 0 Å². The molecular weight excluding hydrogens is 236 g/mol. The van der Waals surface area contributed by atoms with Gasteiger partial charge in [0.15, 0.2) is 0 Å². The lowest BCUT2D eigenvalue weighted by molar-refractivity contribution is 0.228. The summed E-state index contributed by atoms with van der Waals surface area (Å²) in [5.74, 6) is 0. The summed E-state index contributed by atoms with van der Waals surface area (Å²) in [6.45, 7) is 5.36. The molecule has 1 aromatic heterocycles. The Hall–Kier alpha value is -1.65. The van der Waals surface area contributed by atoms with Gasteiger partial charge < -0.3 is 5.32 Å². The molecule has 4 heteroatoms. The monoisotopic (exact) mass is 256 g/mol. The quantitative estimate of drug-likeness (QED) is 0.903. The molecule has 0 bridgehead atoms. The van der Waals surface area contributed by atoms with E-state index in [-0.39, 0.29) is 0 Å². The van der Waals surface area contributed by atoms with Crippen LogP contribution in [0.15, 0.2) is 36.5 Å². The van der Waals surface area contributed by atoms with Crippen LogP contribution in [0.2, 0.25) is 0 Å². The van der Waals surface area contributed by atoms with Crippen molar-refractivity contribution < 1.29 is 0 Å². The lowest BCUT2D eigenvalue weighted by Crippen LogP contribution is -2.43. The van der Waals surface area contributed by atoms with Crippen molar-refractivity contribution >= 4 is 0 Å². The van der Waals surface area contributed by atoms with Crippen molar-refractivity contribution in [3.63, 3.8) is 0 Å². The third-order valence-electron chi connectivity index (χ3n) is 3.73. The Labute approximate surface area is 114 Å². The highest BCUT2D eigenvalue weighted by Crippen LogP contribution is 2.24. The predicted octanol–water partition coefficient (Wildman–Crippen LogP) is 1.49. The average molecular weight is 256 g/mol. The maximum absolute atomic E-state index is 4.43. The topological polar surface area (TPSA) is 33.1 Å². The minimum Gasteiger partial charge on any atom is -0.314 e. The molecule has 0 aliphatic carbocycles. The zero-order chi connectivity index (χ0) is 13.1. The van der Waals surface area contributed by atoms with Gasteiger partial charge >= 0.3 is 0 Å². The summed E-state index contributed by atoms with van der Waals surface area (Å²) in [5, 5.41) is 7.82. The van der Waals surface area contributed by atoms with E-state index in [0.717, 1.165) is 32.7 Å². The Morgan fingerprint density at radius 3 is 2.63 bits per heavy atom. The van der Waals surface area contributed by atoms with Crippen LogP contribution in [0.5, 0.6) is 0 Å². The number of rotatable bonds is 3. The van der Waals surface area contributed by atoms with Gasteiger partial charge in [-0.1, -0.05) is 30.3 Å². The van der Waals surface area contributed by atoms with Crippen LogP contribution in [0, 0.1) is 0 Å². The summed E-state index contributed by atoms with van der Waals surface area (Å²) in [4.78, 5) is 2.49. The van der Waals surface area contributed by atoms with Crippen LogP contribution < -0.4 is 5.32 Å². The summed E-state index contributed by atoms with van der Waals surface area (Å²) in [6.07, 6.45) is 1.98. The summed E-state index contributed by atoms with van der Waals surface area (Å²) in [7, 11) is 2.03. The highest BCUT2D eigenvalue weighted by molar-refractivity contribution is 5.65. The van der Waals surface area contributed by atoms with Crippen LogP contribution in [-0.4, -0.2) is 40.9 Å². The zero-order valence-corrected chi connectivity index (χ0v) is 11.3. The SMILES string of the molecule is Cn1ncc(-c2ccccc2)c1CN1CCNCC1. The third-order valence-corrected chi connectivity index (χ3v) is 3.73. The molecule has 2 heterocycles. The zero-order valence-electron chi connectivity index (χ0n) is 11.3. The second-order valence-electron chi connectivity index (χ2n) is 5.02. The Morgan fingerprint density at radius 1 is 1.16 bits per heavy atom.